The van der Waals surface area contributed by atoms with Gasteiger partial charge in [0.25, 0.3) is 0 Å². The molecule has 1 saturated carbocycles. The van der Waals surface area contributed by atoms with E-state index in [9.17, 15) is 0 Å². The molecule has 1 aromatic carbocycles. The van der Waals surface area contributed by atoms with Crippen molar-refractivity contribution in [3.63, 3.8) is 0 Å². The molecule has 1 atom stereocenters. The van der Waals surface area contributed by atoms with Crippen molar-refractivity contribution >= 4 is 36.4 Å². The first kappa shape index (κ1) is 20.1. The Morgan fingerprint density at radius 1 is 0.955 bits per heavy atom. The van der Waals surface area contributed by atoms with Gasteiger partial charge in [-0.2, -0.15) is 0 Å². The summed E-state index contributed by atoms with van der Waals surface area (Å²) < 4.78 is 0. The van der Waals surface area contributed by atoms with Crippen LogP contribution < -0.4 is 5.32 Å². The number of rotatable bonds is 3. The van der Waals surface area contributed by atoms with Gasteiger partial charge >= 0.3 is 0 Å². The fraction of sp³-hybridized carbons (Fsp3) is 0.647. The Labute approximate surface area is 151 Å². The molecule has 0 spiro atoms. The minimum absolute atomic E-state index is 0. The van der Waals surface area contributed by atoms with E-state index in [1.54, 1.807) is 0 Å². The lowest BCUT2D eigenvalue weighted by Gasteiger charge is -2.41. The Hall–Kier alpha value is 0.01000. The lowest BCUT2D eigenvalue weighted by atomic mass is 9.80. The second-order valence-electron chi connectivity index (χ2n) is 6.18. The highest BCUT2D eigenvalue weighted by atomic mass is 35.5. The molecule has 1 N–H and O–H groups in total. The fourth-order valence-corrected chi connectivity index (χ4v) is 3.98. The predicted octanol–water partition coefficient (Wildman–Crippen LogP) is 4.71. The Bertz CT molecular complexity index is 394. The number of benzene rings is 1. The molecular formula is C17H27Cl3N2. The van der Waals surface area contributed by atoms with E-state index >= 15 is 0 Å². The van der Waals surface area contributed by atoms with Crippen LogP contribution in [0.1, 0.15) is 43.7 Å². The van der Waals surface area contributed by atoms with E-state index in [0.717, 1.165) is 24.0 Å². The standard InChI is InChI=1S/C17H25ClN2.2ClH/c18-16-8-6-15(7-9-16)17(14-4-2-1-3-5-14)20-12-10-19-11-13-20;;/h6-9,14,17,19H,1-5,10-13H2;2*1H/t17-;;/m0../s1. The highest BCUT2D eigenvalue weighted by molar-refractivity contribution is 6.30. The topological polar surface area (TPSA) is 15.3 Å². The molecule has 22 heavy (non-hydrogen) atoms. The average Bonchev–Trinajstić information content (AvgIpc) is 2.52. The van der Waals surface area contributed by atoms with E-state index in [1.807, 2.05) is 0 Å². The summed E-state index contributed by atoms with van der Waals surface area (Å²) in [6, 6.07) is 9.17. The molecule has 2 aliphatic rings. The van der Waals surface area contributed by atoms with Crippen LogP contribution in [-0.2, 0) is 0 Å². The van der Waals surface area contributed by atoms with Crippen molar-refractivity contribution in [1.29, 1.82) is 0 Å². The predicted molar refractivity (Wildman–Crippen MR) is 99.7 cm³/mol. The van der Waals surface area contributed by atoms with E-state index in [1.165, 1.54) is 50.8 Å². The number of hydrogen-bond acceptors (Lipinski definition) is 2. The maximum atomic E-state index is 6.06. The number of hydrogen-bond donors (Lipinski definition) is 1. The Morgan fingerprint density at radius 3 is 2.14 bits per heavy atom. The van der Waals surface area contributed by atoms with Crippen molar-refractivity contribution in [2.24, 2.45) is 5.92 Å². The molecule has 1 heterocycles. The van der Waals surface area contributed by atoms with Crippen molar-refractivity contribution in [3.8, 4) is 0 Å². The van der Waals surface area contributed by atoms with Gasteiger partial charge in [-0.05, 0) is 36.5 Å². The van der Waals surface area contributed by atoms with Gasteiger partial charge in [0.15, 0.2) is 0 Å². The first-order chi connectivity index (χ1) is 9.84. The zero-order valence-electron chi connectivity index (χ0n) is 13.0. The van der Waals surface area contributed by atoms with Crippen molar-refractivity contribution in [1.82, 2.24) is 10.2 Å². The molecule has 2 nitrogen and oxygen atoms in total. The quantitative estimate of drug-likeness (QED) is 0.834. The van der Waals surface area contributed by atoms with Gasteiger partial charge in [-0.1, -0.05) is 43.0 Å². The summed E-state index contributed by atoms with van der Waals surface area (Å²) in [4.78, 5) is 2.69. The van der Waals surface area contributed by atoms with Crippen molar-refractivity contribution in [3.05, 3.63) is 34.9 Å². The summed E-state index contributed by atoms with van der Waals surface area (Å²) in [6.07, 6.45) is 7.00. The van der Waals surface area contributed by atoms with Crippen LogP contribution in [0, 0.1) is 5.92 Å². The van der Waals surface area contributed by atoms with E-state index < -0.39 is 0 Å². The van der Waals surface area contributed by atoms with Gasteiger partial charge in [-0.15, -0.1) is 24.8 Å². The summed E-state index contributed by atoms with van der Waals surface area (Å²) in [6.45, 7) is 4.58. The van der Waals surface area contributed by atoms with Crippen LogP contribution in [0.15, 0.2) is 24.3 Å². The summed E-state index contributed by atoms with van der Waals surface area (Å²) in [5.74, 6) is 0.822. The summed E-state index contributed by atoms with van der Waals surface area (Å²) >= 11 is 6.06. The van der Waals surface area contributed by atoms with Crippen LogP contribution in [0.4, 0.5) is 0 Å². The monoisotopic (exact) mass is 364 g/mol. The van der Waals surface area contributed by atoms with Crippen LogP contribution in [0.2, 0.25) is 5.02 Å². The second kappa shape index (κ2) is 10.00. The molecule has 126 valence electrons. The van der Waals surface area contributed by atoms with Gasteiger partial charge in [-0.25, -0.2) is 0 Å². The first-order valence-corrected chi connectivity index (χ1v) is 8.42. The summed E-state index contributed by atoms with van der Waals surface area (Å²) in [7, 11) is 0. The Balaban J connectivity index is 0.00000121. The van der Waals surface area contributed by atoms with Crippen LogP contribution in [0.25, 0.3) is 0 Å². The minimum Gasteiger partial charge on any atom is -0.314 e. The molecule has 1 aromatic rings. The van der Waals surface area contributed by atoms with E-state index in [2.05, 4.69) is 34.5 Å². The number of piperazine rings is 1. The summed E-state index contributed by atoms with van der Waals surface area (Å²) in [5.41, 5.74) is 1.46. The van der Waals surface area contributed by atoms with Crippen LogP contribution in [-0.4, -0.2) is 31.1 Å². The first-order valence-electron chi connectivity index (χ1n) is 8.05. The van der Waals surface area contributed by atoms with Gasteiger partial charge in [0, 0.05) is 37.2 Å². The number of halogens is 3. The molecule has 2 fully saturated rings. The zero-order valence-corrected chi connectivity index (χ0v) is 15.4. The zero-order chi connectivity index (χ0) is 13.8. The van der Waals surface area contributed by atoms with Crippen LogP contribution in [0.3, 0.4) is 0 Å². The SMILES string of the molecule is Cl.Cl.Clc1ccc([C@H](C2CCCCC2)N2CCNCC2)cc1. The fourth-order valence-electron chi connectivity index (χ4n) is 3.85. The van der Waals surface area contributed by atoms with Crippen molar-refractivity contribution in [2.45, 2.75) is 38.1 Å². The highest BCUT2D eigenvalue weighted by Crippen LogP contribution is 2.38. The summed E-state index contributed by atoms with van der Waals surface area (Å²) in [5, 5.41) is 4.31. The van der Waals surface area contributed by atoms with Crippen LogP contribution in [0.5, 0.6) is 0 Å². The molecular weight excluding hydrogens is 339 g/mol. The van der Waals surface area contributed by atoms with Gasteiger partial charge in [-0.3, -0.25) is 4.90 Å². The molecule has 1 aliphatic carbocycles. The molecule has 5 heteroatoms. The van der Waals surface area contributed by atoms with Gasteiger partial charge in [0.1, 0.15) is 0 Å². The molecule has 0 aromatic heterocycles. The Kier molecular flexibility index (Phi) is 9.11. The lowest BCUT2D eigenvalue weighted by molar-refractivity contribution is 0.103. The van der Waals surface area contributed by atoms with E-state index in [-0.39, 0.29) is 24.8 Å². The maximum absolute atomic E-state index is 6.06. The number of nitrogens with zero attached hydrogens (tertiary/aromatic N) is 1. The molecule has 0 unspecified atom stereocenters. The van der Waals surface area contributed by atoms with Crippen LogP contribution >= 0.6 is 36.4 Å². The van der Waals surface area contributed by atoms with Gasteiger partial charge < -0.3 is 5.32 Å². The molecule has 0 radical (unpaired) electrons. The smallest absolute Gasteiger partial charge is 0.0406 e. The average molecular weight is 366 g/mol. The largest absolute Gasteiger partial charge is 0.314 e. The maximum Gasteiger partial charge on any atom is 0.0406 e. The third kappa shape index (κ3) is 5.01. The second-order valence-corrected chi connectivity index (χ2v) is 6.62. The molecule has 0 bridgehead atoms. The normalized spacial score (nSPS) is 21.5. The Morgan fingerprint density at radius 2 is 1.55 bits per heavy atom. The van der Waals surface area contributed by atoms with Gasteiger partial charge in [0.05, 0.1) is 0 Å². The van der Waals surface area contributed by atoms with E-state index in [0.29, 0.717) is 6.04 Å². The molecule has 1 saturated heterocycles. The van der Waals surface area contributed by atoms with Crippen molar-refractivity contribution in [2.75, 3.05) is 26.2 Å². The third-order valence-corrected chi connectivity index (χ3v) is 5.10. The molecule has 0 amide bonds. The minimum atomic E-state index is 0. The molecule has 3 rings (SSSR count). The number of nitrogens with one attached hydrogen (secondary N) is 1. The van der Waals surface area contributed by atoms with E-state index in [4.69, 9.17) is 11.6 Å². The lowest BCUT2D eigenvalue weighted by Crippen LogP contribution is -2.47. The highest BCUT2D eigenvalue weighted by Gasteiger charge is 2.30. The molecule has 1 aliphatic heterocycles. The van der Waals surface area contributed by atoms with Gasteiger partial charge in [0.2, 0.25) is 0 Å². The third-order valence-electron chi connectivity index (χ3n) is 4.85. The van der Waals surface area contributed by atoms with Crippen molar-refractivity contribution < 1.29 is 0 Å².